The second-order valence-electron chi connectivity index (χ2n) is 7.44. The van der Waals surface area contributed by atoms with Crippen molar-refractivity contribution in [2.24, 2.45) is 4.99 Å². The lowest BCUT2D eigenvalue weighted by atomic mass is 9.98. The molecule has 0 atom stereocenters. The van der Waals surface area contributed by atoms with E-state index in [1.54, 1.807) is 0 Å². The molecule has 3 nitrogen and oxygen atoms in total. The fourth-order valence-electron chi connectivity index (χ4n) is 3.84. The van der Waals surface area contributed by atoms with Crippen LogP contribution in [0.2, 0.25) is 0 Å². The number of rotatable bonds is 7. The maximum Gasteiger partial charge on any atom is 0.151 e. The van der Waals surface area contributed by atoms with Gasteiger partial charge in [0.1, 0.15) is 11.6 Å². The summed E-state index contributed by atoms with van der Waals surface area (Å²) in [6.07, 6.45) is 3.93. The average molecular weight is 404 g/mol. The lowest BCUT2D eigenvalue weighted by molar-refractivity contribution is 0.642. The van der Waals surface area contributed by atoms with Crippen molar-refractivity contribution in [3.63, 3.8) is 0 Å². The Labute approximate surface area is 183 Å². The van der Waals surface area contributed by atoms with Gasteiger partial charge < -0.3 is 4.57 Å². The molecule has 0 fully saturated rings. The first-order valence-corrected chi connectivity index (χ1v) is 10.7. The van der Waals surface area contributed by atoms with Gasteiger partial charge in [0.15, 0.2) is 5.82 Å². The van der Waals surface area contributed by atoms with Crippen molar-refractivity contribution in [3.8, 4) is 28.5 Å². The van der Waals surface area contributed by atoms with E-state index < -0.39 is 0 Å². The first-order chi connectivity index (χ1) is 15.3. The van der Waals surface area contributed by atoms with Gasteiger partial charge >= 0.3 is 0 Å². The molecule has 0 aliphatic carbocycles. The average Bonchev–Trinajstić information content (AvgIpc) is 3.16. The zero-order valence-electron chi connectivity index (χ0n) is 17.7. The highest BCUT2D eigenvalue weighted by Crippen LogP contribution is 2.42. The number of nitrogens with zero attached hydrogens (tertiary/aromatic N) is 3. The van der Waals surface area contributed by atoms with Crippen LogP contribution in [-0.4, -0.2) is 10.8 Å². The number of aliphatic imine (C=N–C) groups is 1. The molecule has 0 saturated heterocycles. The van der Waals surface area contributed by atoms with Crippen LogP contribution in [-0.2, 0) is 6.54 Å². The second kappa shape index (κ2) is 9.73. The number of benzene rings is 3. The SMILES string of the molecule is CCCCn1c(N=Cc2ccccc2)c(C#N)c(-c2ccccc2)c1-c1ccccc1. The molecule has 0 bridgehead atoms. The molecule has 0 aliphatic heterocycles. The maximum atomic E-state index is 10.2. The highest BCUT2D eigenvalue weighted by molar-refractivity contribution is 5.92. The van der Waals surface area contributed by atoms with Gasteiger partial charge in [-0.05, 0) is 23.1 Å². The van der Waals surface area contributed by atoms with Crippen LogP contribution in [0.3, 0.4) is 0 Å². The normalized spacial score (nSPS) is 11.0. The Kier molecular flexibility index (Phi) is 6.40. The molecule has 0 N–H and O–H groups in total. The van der Waals surface area contributed by atoms with E-state index in [9.17, 15) is 5.26 Å². The summed E-state index contributed by atoms with van der Waals surface area (Å²) in [5.41, 5.74) is 5.76. The predicted molar refractivity (Wildman–Crippen MR) is 129 cm³/mol. The molecule has 0 spiro atoms. The molecule has 152 valence electrons. The highest BCUT2D eigenvalue weighted by atomic mass is 15.1. The summed E-state index contributed by atoms with van der Waals surface area (Å²) in [4.78, 5) is 4.85. The molecule has 4 rings (SSSR count). The lowest BCUT2D eigenvalue weighted by Gasteiger charge is -2.13. The molecule has 0 radical (unpaired) electrons. The molecule has 0 amide bonds. The zero-order chi connectivity index (χ0) is 21.5. The topological polar surface area (TPSA) is 41.1 Å². The molecule has 4 aromatic rings. The second-order valence-corrected chi connectivity index (χ2v) is 7.44. The molecule has 0 saturated carbocycles. The van der Waals surface area contributed by atoms with E-state index in [2.05, 4.69) is 41.8 Å². The first-order valence-electron chi connectivity index (χ1n) is 10.7. The van der Waals surface area contributed by atoms with Gasteiger partial charge in [0, 0.05) is 18.3 Å². The van der Waals surface area contributed by atoms with Crippen LogP contribution in [0.1, 0.15) is 30.9 Å². The van der Waals surface area contributed by atoms with Crippen molar-refractivity contribution in [1.82, 2.24) is 4.57 Å². The van der Waals surface area contributed by atoms with Gasteiger partial charge in [-0.3, -0.25) is 0 Å². The Hall–Kier alpha value is -3.90. The van der Waals surface area contributed by atoms with Gasteiger partial charge in [-0.25, -0.2) is 4.99 Å². The minimum Gasteiger partial charge on any atom is -0.324 e. The smallest absolute Gasteiger partial charge is 0.151 e. The third-order valence-electron chi connectivity index (χ3n) is 5.33. The fourth-order valence-corrected chi connectivity index (χ4v) is 3.84. The van der Waals surface area contributed by atoms with Gasteiger partial charge in [0.05, 0.1) is 5.69 Å². The number of hydrogen-bond donors (Lipinski definition) is 0. The number of nitriles is 1. The molecule has 3 aromatic carbocycles. The van der Waals surface area contributed by atoms with Crippen molar-refractivity contribution in [3.05, 3.63) is 102 Å². The monoisotopic (exact) mass is 403 g/mol. The molecule has 0 unspecified atom stereocenters. The van der Waals surface area contributed by atoms with Crippen molar-refractivity contribution in [1.29, 1.82) is 5.26 Å². The Morgan fingerprint density at radius 2 is 1.42 bits per heavy atom. The van der Waals surface area contributed by atoms with E-state index >= 15 is 0 Å². The van der Waals surface area contributed by atoms with E-state index in [4.69, 9.17) is 4.99 Å². The summed E-state index contributed by atoms with van der Waals surface area (Å²) in [6.45, 7) is 2.99. The molecule has 1 aromatic heterocycles. The van der Waals surface area contributed by atoms with Crippen LogP contribution in [0.4, 0.5) is 5.82 Å². The summed E-state index contributed by atoms with van der Waals surface area (Å²) >= 11 is 0. The third-order valence-corrected chi connectivity index (χ3v) is 5.33. The van der Waals surface area contributed by atoms with Crippen LogP contribution in [0.25, 0.3) is 22.4 Å². The van der Waals surface area contributed by atoms with E-state index in [1.165, 1.54) is 0 Å². The van der Waals surface area contributed by atoms with Gasteiger partial charge in [-0.1, -0.05) is 104 Å². The van der Waals surface area contributed by atoms with Crippen LogP contribution in [0, 0.1) is 11.3 Å². The number of aromatic nitrogens is 1. The van der Waals surface area contributed by atoms with E-state index in [1.807, 2.05) is 72.9 Å². The summed E-state index contributed by atoms with van der Waals surface area (Å²) < 4.78 is 2.22. The molecule has 3 heteroatoms. The zero-order valence-corrected chi connectivity index (χ0v) is 17.7. The third kappa shape index (κ3) is 4.34. The molecule has 31 heavy (non-hydrogen) atoms. The minimum absolute atomic E-state index is 0.619. The van der Waals surface area contributed by atoms with Crippen LogP contribution < -0.4 is 0 Å². The Morgan fingerprint density at radius 1 is 0.839 bits per heavy atom. The molecule has 0 aliphatic rings. The largest absolute Gasteiger partial charge is 0.324 e. The molecular formula is C28H25N3. The van der Waals surface area contributed by atoms with Gasteiger partial charge in [0.2, 0.25) is 0 Å². The number of unbranched alkanes of at least 4 members (excludes halogenated alkanes) is 1. The van der Waals surface area contributed by atoms with Gasteiger partial charge in [-0.2, -0.15) is 5.26 Å². The molecular weight excluding hydrogens is 378 g/mol. The van der Waals surface area contributed by atoms with Crippen molar-refractivity contribution in [2.75, 3.05) is 0 Å². The van der Waals surface area contributed by atoms with E-state index in [0.29, 0.717) is 5.56 Å². The minimum atomic E-state index is 0.619. The van der Waals surface area contributed by atoms with Gasteiger partial charge in [0.25, 0.3) is 0 Å². The highest BCUT2D eigenvalue weighted by Gasteiger charge is 2.24. The Morgan fingerprint density at radius 3 is 2.00 bits per heavy atom. The van der Waals surface area contributed by atoms with E-state index in [0.717, 1.165) is 53.2 Å². The van der Waals surface area contributed by atoms with E-state index in [-0.39, 0.29) is 0 Å². The number of hydrogen-bond acceptors (Lipinski definition) is 2. The lowest BCUT2D eigenvalue weighted by Crippen LogP contribution is -2.00. The quantitative estimate of drug-likeness (QED) is 0.300. The summed E-state index contributed by atoms with van der Waals surface area (Å²) in [5, 5.41) is 10.2. The maximum absolute atomic E-state index is 10.2. The van der Waals surface area contributed by atoms with Crippen molar-refractivity contribution < 1.29 is 0 Å². The van der Waals surface area contributed by atoms with Crippen LogP contribution in [0.5, 0.6) is 0 Å². The van der Waals surface area contributed by atoms with Crippen molar-refractivity contribution in [2.45, 2.75) is 26.3 Å². The fraction of sp³-hybridized carbons (Fsp3) is 0.143. The van der Waals surface area contributed by atoms with Crippen LogP contribution in [0.15, 0.2) is 96.0 Å². The summed E-state index contributed by atoms with van der Waals surface area (Å²) in [5.74, 6) is 0.720. The first kappa shape index (κ1) is 20.4. The Balaban J connectivity index is 2.00. The summed E-state index contributed by atoms with van der Waals surface area (Å²) in [6, 6.07) is 33.0. The Bertz CT molecular complexity index is 1200. The van der Waals surface area contributed by atoms with Crippen molar-refractivity contribution >= 4 is 12.0 Å². The molecule has 1 heterocycles. The van der Waals surface area contributed by atoms with Gasteiger partial charge in [-0.15, -0.1) is 0 Å². The predicted octanol–water partition coefficient (Wildman–Crippen LogP) is 7.24. The summed E-state index contributed by atoms with van der Waals surface area (Å²) in [7, 11) is 0. The van der Waals surface area contributed by atoms with Crippen LogP contribution >= 0.6 is 0 Å². The standard InChI is InChI=1S/C28H25N3/c1-2-3-19-31-27(24-17-11-6-12-18-24)26(23-15-9-5-10-16-23)25(20-29)28(31)30-21-22-13-7-4-8-14-22/h4-18,21H,2-3,19H2,1H3.